The van der Waals surface area contributed by atoms with Crippen molar-refractivity contribution in [3.05, 3.63) is 18.2 Å². The van der Waals surface area contributed by atoms with Crippen LogP contribution >= 0.6 is 0 Å². The van der Waals surface area contributed by atoms with Crippen LogP contribution in [-0.4, -0.2) is 25.7 Å². The van der Waals surface area contributed by atoms with Crippen molar-refractivity contribution in [3.63, 3.8) is 0 Å². The second-order valence-corrected chi connectivity index (χ2v) is 5.39. The zero-order chi connectivity index (χ0) is 15.1. The van der Waals surface area contributed by atoms with Crippen LogP contribution in [0.2, 0.25) is 0 Å². The van der Waals surface area contributed by atoms with Crippen LogP contribution in [0.1, 0.15) is 38.5 Å². The Morgan fingerprint density at radius 3 is 2.86 bits per heavy atom. The molecule has 0 saturated heterocycles. The number of amides is 1. The first kappa shape index (κ1) is 15.6. The Morgan fingerprint density at radius 1 is 1.38 bits per heavy atom. The standard InChI is InChI=1S/C16H24N2O3/c1-20-15-9-8-12(17)11-14(15)18-16(19)7-4-10-21-13-5-2-3-6-13/h8-9,11,13H,2-7,10,17H2,1H3,(H,18,19). The number of carbonyl (C=O) groups excluding carboxylic acids is 1. The van der Waals surface area contributed by atoms with Crippen LogP contribution in [0.5, 0.6) is 5.75 Å². The molecule has 0 aromatic heterocycles. The monoisotopic (exact) mass is 292 g/mol. The molecule has 116 valence electrons. The molecule has 0 aliphatic heterocycles. The maximum atomic E-state index is 11.9. The lowest BCUT2D eigenvalue weighted by Crippen LogP contribution is -2.14. The molecule has 2 rings (SSSR count). The summed E-state index contributed by atoms with van der Waals surface area (Å²) in [5.41, 5.74) is 6.93. The Balaban J connectivity index is 1.72. The summed E-state index contributed by atoms with van der Waals surface area (Å²) in [7, 11) is 1.57. The van der Waals surface area contributed by atoms with Crippen LogP contribution in [0.15, 0.2) is 18.2 Å². The minimum atomic E-state index is -0.0473. The summed E-state index contributed by atoms with van der Waals surface area (Å²) < 4.78 is 10.9. The van der Waals surface area contributed by atoms with E-state index >= 15 is 0 Å². The lowest BCUT2D eigenvalue weighted by Gasteiger charge is -2.12. The van der Waals surface area contributed by atoms with Gasteiger partial charge >= 0.3 is 0 Å². The average molecular weight is 292 g/mol. The fourth-order valence-electron chi connectivity index (χ4n) is 2.57. The van der Waals surface area contributed by atoms with E-state index in [2.05, 4.69) is 5.32 Å². The van der Waals surface area contributed by atoms with Crippen LogP contribution < -0.4 is 15.8 Å². The van der Waals surface area contributed by atoms with Gasteiger partial charge in [-0.15, -0.1) is 0 Å². The number of nitrogen functional groups attached to an aromatic ring is 1. The minimum Gasteiger partial charge on any atom is -0.495 e. The van der Waals surface area contributed by atoms with Gasteiger partial charge in [-0.3, -0.25) is 4.79 Å². The van der Waals surface area contributed by atoms with E-state index in [0.29, 0.717) is 36.3 Å². The number of hydrogen-bond donors (Lipinski definition) is 2. The molecule has 1 aliphatic rings. The van der Waals surface area contributed by atoms with E-state index in [4.69, 9.17) is 15.2 Å². The molecule has 5 heteroatoms. The van der Waals surface area contributed by atoms with Crippen molar-refractivity contribution in [2.75, 3.05) is 24.8 Å². The van der Waals surface area contributed by atoms with Gasteiger partial charge in [-0.25, -0.2) is 0 Å². The molecular formula is C16H24N2O3. The highest BCUT2D eigenvalue weighted by Crippen LogP contribution is 2.26. The average Bonchev–Trinajstić information content (AvgIpc) is 2.97. The fraction of sp³-hybridized carbons (Fsp3) is 0.562. The van der Waals surface area contributed by atoms with E-state index in [1.54, 1.807) is 25.3 Å². The normalized spacial score (nSPS) is 15.1. The van der Waals surface area contributed by atoms with Crippen molar-refractivity contribution < 1.29 is 14.3 Å². The maximum Gasteiger partial charge on any atom is 0.224 e. The van der Waals surface area contributed by atoms with Gasteiger partial charge < -0.3 is 20.5 Å². The lowest BCUT2D eigenvalue weighted by atomic mass is 10.2. The Bertz CT molecular complexity index is 471. The first-order valence-electron chi connectivity index (χ1n) is 7.54. The van der Waals surface area contributed by atoms with Gasteiger partial charge in [0.05, 0.1) is 18.9 Å². The smallest absolute Gasteiger partial charge is 0.224 e. The molecule has 5 nitrogen and oxygen atoms in total. The number of nitrogens with one attached hydrogen (secondary N) is 1. The summed E-state index contributed by atoms with van der Waals surface area (Å²) in [6.07, 6.45) is 6.42. The van der Waals surface area contributed by atoms with E-state index in [1.165, 1.54) is 12.8 Å². The molecule has 0 bridgehead atoms. The van der Waals surface area contributed by atoms with Gasteiger partial charge in [-0.05, 0) is 37.5 Å². The van der Waals surface area contributed by atoms with Gasteiger partial charge in [-0.1, -0.05) is 12.8 Å². The van der Waals surface area contributed by atoms with E-state index in [1.807, 2.05) is 0 Å². The van der Waals surface area contributed by atoms with Crippen LogP contribution in [0.3, 0.4) is 0 Å². The zero-order valence-electron chi connectivity index (χ0n) is 12.6. The summed E-state index contributed by atoms with van der Waals surface area (Å²) in [5, 5.41) is 2.83. The Labute approximate surface area is 125 Å². The molecule has 3 N–H and O–H groups in total. The Kier molecular flexibility index (Phi) is 5.87. The Morgan fingerprint density at radius 2 is 2.14 bits per heavy atom. The van der Waals surface area contributed by atoms with Gasteiger partial charge in [-0.2, -0.15) is 0 Å². The van der Waals surface area contributed by atoms with Crippen LogP contribution in [0.25, 0.3) is 0 Å². The van der Waals surface area contributed by atoms with Crippen molar-refractivity contribution in [3.8, 4) is 5.75 Å². The van der Waals surface area contributed by atoms with Gasteiger partial charge in [0.1, 0.15) is 5.75 Å². The molecule has 0 radical (unpaired) electrons. The van der Waals surface area contributed by atoms with Gasteiger partial charge in [0.25, 0.3) is 0 Å². The molecule has 0 unspecified atom stereocenters. The van der Waals surface area contributed by atoms with Crippen molar-refractivity contribution in [1.82, 2.24) is 0 Å². The number of anilines is 2. The highest BCUT2D eigenvalue weighted by molar-refractivity contribution is 5.92. The van der Waals surface area contributed by atoms with E-state index in [-0.39, 0.29) is 5.91 Å². The van der Waals surface area contributed by atoms with Gasteiger partial charge in [0.15, 0.2) is 0 Å². The highest BCUT2D eigenvalue weighted by Gasteiger charge is 2.15. The molecule has 1 amide bonds. The van der Waals surface area contributed by atoms with E-state index in [9.17, 15) is 4.79 Å². The first-order valence-corrected chi connectivity index (χ1v) is 7.54. The first-order chi connectivity index (χ1) is 10.2. The maximum absolute atomic E-state index is 11.9. The van der Waals surface area contributed by atoms with Crippen molar-refractivity contribution in [1.29, 1.82) is 0 Å². The third-order valence-corrected chi connectivity index (χ3v) is 3.70. The molecule has 1 aromatic carbocycles. The highest BCUT2D eigenvalue weighted by atomic mass is 16.5. The SMILES string of the molecule is COc1ccc(N)cc1NC(=O)CCCOC1CCCC1. The number of rotatable bonds is 7. The summed E-state index contributed by atoms with van der Waals surface area (Å²) in [4.78, 5) is 11.9. The molecule has 21 heavy (non-hydrogen) atoms. The summed E-state index contributed by atoms with van der Waals surface area (Å²) in [5.74, 6) is 0.564. The van der Waals surface area contributed by atoms with Crippen LogP contribution in [-0.2, 0) is 9.53 Å². The number of ether oxygens (including phenoxy) is 2. The summed E-state index contributed by atoms with van der Waals surface area (Å²) in [6.45, 7) is 0.645. The minimum absolute atomic E-state index is 0.0473. The Hall–Kier alpha value is -1.75. The largest absolute Gasteiger partial charge is 0.495 e. The van der Waals surface area contributed by atoms with E-state index in [0.717, 1.165) is 19.3 Å². The number of nitrogens with two attached hydrogens (primary N) is 1. The van der Waals surface area contributed by atoms with Gasteiger partial charge in [0.2, 0.25) is 5.91 Å². The number of methoxy groups -OCH3 is 1. The number of benzene rings is 1. The van der Waals surface area contributed by atoms with Crippen LogP contribution in [0, 0.1) is 0 Å². The molecule has 0 spiro atoms. The zero-order valence-corrected chi connectivity index (χ0v) is 12.6. The lowest BCUT2D eigenvalue weighted by molar-refractivity contribution is -0.116. The topological polar surface area (TPSA) is 73.6 Å². The second-order valence-electron chi connectivity index (χ2n) is 5.39. The number of carbonyl (C=O) groups is 1. The van der Waals surface area contributed by atoms with Crippen LogP contribution in [0.4, 0.5) is 11.4 Å². The third kappa shape index (κ3) is 4.93. The molecule has 1 saturated carbocycles. The fourth-order valence-corrected chi connectivity index (χ4v) is 2.57. The molecule has 1 fully saturated rings. The quantitative estimate of drug-likeness (QED) is 0.598. The molecule has 0 heterocycles. The molecule has 1 aromatic rings. The van der Waals surface area contributed by atoms with Crippen molar-refractivity contribution in [2.24, 2.45) is 0 Å². The summed E-state index contributed by atoms with van der Waals surface area (Å²) in [6, 6.07) is 5.18. The summed E-state index contributed by atoms with van der Waals surface area (Å²) >= 11 is 0. The number of hydrogen-bond acceptors (Lipinski definition) is 4. The molecule has 0 atom stereocenters. The predicted octanol–water partition coefficient (Wildman–Crippen LogP) is 2.96. The van der Waals surface area contributed by atoms with Crippen molar-refractivity contribution >= 4 is 17.3 Å². The third-order valence-electron chi connectivity index (χ3n) is 3.70. The second kappa shape index (κ2) is 7.88. The molecular weight excluding hydrogens is 268 g/mol. The van der Waals surface area contributed by atoms with Gasteiger partial charge in [0, 0.05) is 18.7 Å². The van der Waals surface area contributed by atoms with Crippen molar-refractivity contribution in [2.45, 2.75) is 44.6 Å². The van der Waals surface area contributed by atoms with E-state index < -0.39 is 0 Å². The molecule has 1 aliphatic carbocycles. The predicted molar refractivity (Wildman–Crippen MR) is 83.5 cm³/mol.